The molecule has 2 fully saturated rings. The standard InChI is InChI=1S/C35H39Cl2N5O4/c1-40(33(44)31-27-8-4-3-7-24(27)19-26(21-38)32(31)46-2)22-25(23-10-11-28(36)29(37)20-23)12-16-41-17-13-35(14-18-41,34(39)45)42-15-6-5-9-30(42)43/h3-4,7-8,10-11,19-20,25H,5-6,9,12-18,22H2,1-2H3,(H2,39,45)/t25-/m1/s1. The number of hydrogen-bond donors (Lipinski definition) is 1. The fourth-order valence-corrected chi connectivity index (χ4v) is 7.27. The molecule has 3 amide bonds. The van der Waals surface area contributed by atoms with Crippen LogP contribution >= 0.6 is 23.2 Å². The lowest BCUT2D eigenvalue weighted by Gasteiger charge is -2.48. The van der Waals surface area contributed by atoms with E-state index in [1.54, 1.807) is 29.0 Å². The van der Waals surface area contributed by atoms with Crippen molar-refractivity contribution in [1.82, 2.24) is 14.7 Å². The third-order valence-electron chi connectivity index (χ3n) is 9.57. The highest BCUT2D eigenvalue weighted by Gasteiger charge is 2.47. The number of nitrogens with two attached hydrogens (primary N) is 1. The van der Waals surface area contributed by atoms with E-state index >= 15 is 0 Å². The predicted octanol–water partition coefficient (Wildman–Crippen LogP) is 5.61. The number of rotatable bonds is 10. The van der Waals surface area contributed by atoms with Crippen LogP contribution in [-0.2, 0) is 9.59 Å². The van der Waals surface area contributed by atoms with Crippen molar-refractivity contribution >= 4 is 51.7 Å². The fraction of sp³-hybridized carbons (Fsp3) is 0.429. The van der Waals surface area contributed by atoms with Crippen LogP contribution in [0.25, 0.3) is 10.8 Å². The molecule has 2 heterocycles. The van der Waals surface area contributed by atoms with Crippen molar-refractivity contribution in [2.75, 3.05) is 46.9 Å². The average Bonchev–Trinajstić information content (AvgIpc) is 3.06. The van der Waals surface area contributed by atoms with Gasteiger partial charge in [0.05, 0.1) is 28.3 Å². The summed E-state index contributed by atoms with van der Waals surface area (Å²) < 4.78 is 5.61. The van der Waals surface area contributed by atoms with Crippen molar-refractivity contribution in [3.05, 3.63) is 75.3 Å². The van der Waals surface area contributed by atoms with Gasteiger partial charge in [0.25, 0.3) is 5.91 Å². The highest BCUT2D eigenvalue weighted by Crippen LogP contribution is 2.36. The number of nitriles is 1. The molecule has 2 aliphatic rings. The molecular weight excluding hydrogens is 625 g/mol. The number of primary amides is 1. The number of methoxy groups -OCH3 is 1. The molecule has 2 N–H and O–H groups in total. The third kappa shape index (κ3) is 6.66. The summed E-state index contributed by atoms with van der Waals surface area (Å²) in [6.07, 6.45) is 3.86. The second-order valence-electron chi connectivity index (χ2n) is 12.3. The van der Waals surface area contributed by atoms with Crippen molar-refractivity contribution in [2.24, 2.45) is 5.73 Å². The zero-order valence-electron chi connectivity index (χ0n) is 26.2. The highest BCUT2D eigenvalue weighted by molar-refractivity contribution is 6.42. The van der Waals surface area contributed by atoms with E-state index in [0.29, 0.717) is 85.0 Å². The van der Waals surface area contributed by atoms with Gasteiger partial charge in [-0.05, 0) is 73.2 Å². The number of carbonyl (C=O) groups is 3. The molecule has 3 aromatic rings. The van der Waals surface area contributed by atoms with Gasteiger partial charge in [-0.2, -0.15) is 5.26 Å². The molecule has 0 radical (unpaired) electrons. The molecule has 0 unspecified atom stereocenters. The minimum Gasteiger partial charge on any atom is -0.495 e. The maximum atomic E-state index is 14.1. The highest BCUT2D eigenvalue weighted by atomic mass is 35.5. The summed E-state index contributed by atoms with van der Waals surface area (Å²) in [7, 11) is 3.21. The molecule has 11 heteroatoms. The van der Waals surface area contributed by atoms with E-state index in [4.69, 9.17) is 33.7 Å². The van der Waals surface area contributed by atoms with Crippen molar-refractivity contribution in [3.63, 3.8) is 0 Å². The van der Waals surface area contributed by atoms with Crippen LogP contribution in [0.3, 0.4) is 0 Å². The molecule has 0 saturated carbocycles. The minimum absolute atomic E-state index is 0.00982. The largest absolute Gasteiger partial charge is 0.495 e. The average molecular weight is 665 g/mol. The first-order chi connectivity index (χ1) is 22.1. The van der Waals surface area contributed by atoms with Crippen LogP contribution in [0.4, 0.5) is 0 Å². The number of nitrogens with zero attached hydrogens (tertiary/aromatic N) is 4. The SMILES string of the molecule is COc1c(C#N)cc2ccccc2c1C(=O)N(C)C[C@@H](CCN1CCC(C(N)=O)(N2CCCCC2=O)CC1)c1ccc(Cl)c(Cl)c1. The minimum atomic E-state index is -0.941. The number of benzene rings is 3. The first-order valence-corrected chi connectivity index (χ1v) is 16.4. The molecule has 0 spiro atoms. The number of halogens is 2. The first kappa shape index (κ1) is 33.5. The zero-order chi connectivity index (χ0) is 33.0. The molecule has 9 nitrogen and oxygen atoms in total. The van der Waals surface area contributed by atoms with Crippen LogP contribution in [-0.4, -0.2) is 84.8 Å². The summed E-state index contributed by atoms with van der Waals surface area (Å²) in [5.41, 5.74) is 6.57. The normalized spacial score (nSPS) is 17.4. The lowest BCUT2D eigenvalue weighted by molar-refractivity contribution is -0.152. The van der Waals surface area contributed by atoms with Crippen molar-refractivity contribution < 1.29 is 19.1 Å². The summed E-state index contributed by atoms with van der Waals surface area (Å²) in [6.45, 7) is 2.89. The molecule has 2 aliphatic heterocycles. The van der Waals surface area contributed by atoms with Gasteiger partial charge in [0.15, 0.2) is 0 Å². The first-order valence-electron chi connectivity index (χ1n) is 15.6. The molecule has 46 heavy (non-hydrogen) atoms. The summed E-state index contributed by atoms with van der Waals surface area (Å²) in [5, 5.41) is 12.2. The number of hydrogen-bond acceptors (Lipinski definition) is 6. The smallest absolute Gasteiger partial charge is 0.258 e. The Morgan fingerprint density at radius 3 is 2.48 bits per heavy atom. The number of carbonyl (C=O) groups excluding carboxylic acids is 3. The van der Waals surface area contributed by atoms with Gasteiger partial charge in [-0.1, -0.05) is 53.5 Å². The number of likely N-dealkylation sites (N-methyl/N-ethyl adjacent to an activating group) is 1. The Hall–Kier alpha value is -3.84. The van der Waals surface area contributed by atoms with Gasteiger partial charge in [0.2, 0.25) is 11.8 Å². The molecule has 0 aliphatic carbocycles. The molecule has 3 aromatic carbocycles. The second-order valence-corrected chi connectivity index (χ2v) is 13.1. The Kier molecular flexibility index (Phi) is 10.4. The lowest BCUT2D eigenvalue weighted by atomic mass is 9.83. The van der Waals surface area contributed by atoms with Gasteiger partial charge in [0, 0.05) is 45.6 Å². The van der Waals surface area contributed by atoms with Crippen molar-refractivity contribution in [1.29, 1.82) is 5.26 Å². The van der Waals surface area contributed by atoms with Crippen LogP contribution in [0.1, 0.15) is 65.9 Å². The molecule has 5 rings (SSSR count). The molecular formula is C35H39Cl2N5O4. The Balaban J connectivity index is 1.36. The molecule has 242 valence electrons. The monoisotopic (exact) mass is 663 g/mol. The topological polar surface area (TPSA) is 120 Å². The van der Waals surface area contributed by atoms with Gasteiger partial charge >= 0.3 is 0 Å². The molecule has 0 bridgehead atoms. The summed E-state index contributed by atoms with van der Waals surface area (Å²) >= 11 is 12.7. The van der Waals surface area contributed by atoms with Gasteiger partial charge < -0.3 is 25.2 Å². The summed E-state index contributed by atoms with van der Waals surface area (Å²) in [6, 6.07) is 16.9. The predicted molar refractivity (Wildman–Crippen MR) is 179 cm³/mol. The van der Waals surface area contributed by atoms with Gasteiger partial charge in [-0.3, -0.25) is 14.4 Å². The van der Waals surface area contributed by atoms with Gasteiger partial charge in [-0.15, -0.1) is 0 Å². The number of ether oxygens (including phenoxy) is 1. The Bertz CT molecular complexity index is 1680. The fourth-order valence-electron chi connectivity index (χ4n) is 6.96. The van der Waals surface area contributed by atoms with Crippen molar-refractivity contribution in [3.8, 4) is 11.8 Å². The number of likely N-dealkylation sites (tertiary alicyclic amines) is 2. The quantitative estimate of drug-likeness (QED) is 0.301. The van der Waals surface area contributed by atoms with E-state index in [-0.39, 0.29) is 23.5 Å². The van der Waals surface area contributed by atoms with E-state index in [9.17, 15) is 19.6 Å². The van der Waals surface area contributed by atoms with Crippen LogP contribution in [0.5, 0.6) is 5.75 Å². The molecule has 0 aromatic heterocycles. The van der Waals surface area contributed by atoms with Crippen LogP contribution < -0.4 is 10.5 Å². The van der Waals surface area contributed by atoms with E-state index in [1.165, 1.54) is 7.11 Å². The third-order valence-corrected chi connectivity index (χ3v) is 10.3. The van der Waals surface area contributed by atoms with E-state index in [2.05, 4.69) is 11.0 Å². The maximum absolute atomic E-state index is 14.1. The van der Waals surface area contributed by atoms with E-state index < -0.39 is 11.4 Å². The van der Waals surface area contributed by atoms with Crippen LogP contribution in [0.15, 0.2) is 48.5 Å². The van der Waals surface area contributed by atoms with Gasteiger partial charge in [0.1, 0.15) is 17.4 Å². The van der Waals surface area contributed by atoms with Crippen molar-refractivity contribution in [2.45, 2.75) is 50.0 Å². The maximum Gasteiger partial charge on any atom is 0.258 e. The molecule has 2 saturated heterocycles. The summed E-state index contributed by atoms with van der Waals surface area (Å²) in [4.78, 5) is 45.3. The number of amides is 3. The molecule has 1 atom stereocenters. The summed E-state index contributed by atoms with van der Waals surface area (Å²) in [5.74, 6) is -0.532. The van der Waals surface area contributed by atoms with E-state index in [1.807, 2.05) is 36.4 Å². The van der Waals surface area contributed by atoms with Gasteiger partial charge in [-0.25, -0.2) is 0 Å². The Labute approximate surface area is 279 Å². The van der Waals surface area contributed by atoms with Crippen LogP contribution in [0.2, 0.25) is 10.0 Å². The number of piperidine rings is 2. The van der Waals surface area contributed by atoms with Crippen LogP contribution in [0, 0.1) is 11.3 Å². The Morgan fingerprint density at radius 1 is 1.09 bits per heavy atom. The zero-order valence-corrected chi connectivity index (χ0v) is 27.7. The van der Waals surface area contributed by atoms with E-state index in [0.717, 1.165) is 23.8 Å². The number of fused-ring (bicyclic) bond motifs is 1. The second kappa shape index (κ2) is 14.3. The lowest BCUT2D eigenvalue weighted by Crippen LogP contribution is -2.64. The Morgan fingerprint density at radius 2 is 1.83 bits per heavy atom.